The highest BCUT2D eigenvalue weighted by molar-refractivity contribution is 14.0. The van der Waals surface area contributed by atoms with E-state index in [1.807, 2.05) is 29.2 Å². The summed E-state index contributed by atoms with van der Waals surface area (Å²) in [6.07, 6.45) is 6.76. The number of nitrogens with one attached hydrogen (secondary N) is 2. The second-order valence-corrected chi connectivity index (χ2v) is 8.36. The first-order valence-corrected chi connectivity index (χ1v) is 11.1. The Bertz CT molecular complexity index is 680. The molecule has 0 aromatic heterocycles. The van der Waals surface area contributed by atoms with Gasteiger partial charge in [-0.05, 0) is 37.0 Å². The number of amides is 1. The van der Waals surface area contributed by atoms with Gasteiger partial charge >= 0.3 is 0 Å². The average molecular weight is 549 g/mol. The molecule has 1 aliphatic heterocycles. The van der Waals surface area contributed by atoms with Gasteiger partial charge in [-0.15, -0.1) is 24.0 Å². The summed E-state index contributed by atoms with van der Waals surface area (Å²) in [6.45, 7) is 3.42. The molecular weight excluding hydrogens is 515 g/mol. The molecule has 1 saturated carbocycles. The van der Waals surface area contributed by atoms with E-state index in [4.69, 9.17) is 16.3 Å². The van der Waals surface area contributed by atoms with Crippen LogP contribution in [-0.4, -0.2) is 56.1 Å². The molecule has 1 aromatic carbocycles. The molecule has 8 heteroatoms. The zero-order valence-corrected chi connectivity index (χ0v) is 20.8. The van der Waals surface area contributed by atoms with Crippen molar-refractivity contribution in [1.82, 2.24) is 15.5 Å². The standard InChI is InChI=1S/C22H33ClN4O2.HI/c1-24-22(25-12-14-29-16-17-7-9-19(23)10-8-17)26-20-11-13-27(15-20)21(28)18-5-3-2-4-6-18;/h7-10,18,20H,2-6,11-16H2,1H3,(H2,24,25,26);1H. The van der Waals surface area contributed by atoms with E-state index in [0.717, 1.165) is 48.9 Å². The fourth-order valence-corrected chi connectivity index (χ4v) is 4.21. The fourth-order valence-electron chi connectivity index (χ4n) is 4.09. The molecule has 1 aromatic rings. The molecule has 2 fully saturated rings. The molecule has 2 N–H and O–H groups in total. The largest absolute Gasteiger partial charge is 0.375 e. The van der Waals surface area contributed by atoms with E-state index >= 15 is 0 Å². The van der Waals surface area contributed by atoms with E-state index in [1.54, 1.807) is 7.05 Å². The Morgan fingerprint density at radius 1 is 1.20 bits per heavy atom. The number of likely N-dealkylation sites (tertiary alicyclic amines) is 1. The molecule has 0 spiro atoms. The summed E-state index contributed by atoms with van der Waals surface area (Å²) < 4.78 is 5.70. The van der Waals surface area contributed by atoms with Gasteiger partial charge in [-0.25, -0.2) is 0 Å². The Kier molecular flexibility index (Phi) is 11.2. The highest BCUT2D eigenvalue weighted by atomic mass is 127. The van der Waals surface area contributed by atoms with Crippen LogP contribution < -0.4 is 10.6 Å². The normalized spacial score (nSPS) is 20.0. The molecule has 6 nitrogen and oxygen atoms in total. The molecule has 1 aliphatic carbocycles. The van der Waals surface area contributed by atoms with Gasteiger partial charge in [-0.3, -0.25) is 9.79 Å². The smallest absolute Gasteiger partial charge is 0.225 e. The summed E-state index contributed by atoms with van der Waals surface area (Å²) >= 11 is 5.89. The summed E-state index contributed by atoms with van der Waals surface area (Å²) in [6, 6.07) is 7.93. The first kappa shape index (κ1) is 25.2. The lowest BCUT2D eigenvalue weighted by Crippen LogP contribution is -2.46. The van der Waals surface area contributed by atoms with Crippen LogP contribution in [0.3, 0.4) is 0 Å². The summed E-state index contributed by atoms with van der Waals surface area (Å²) in [5.74, 6) is 1.36. The molecule has 0 radical (unpaired) electrons. The molecule has 0 bridgehead atoms. The van der Waals surface area contributed by atoms with E-state index in [9.17, 15) is 4.79 Å². The van der Waals surface area contributed by atoms with Crippen molar-refractivity contribution in [3.8, 4) is 0 Å². The highest BCUT2D eigenvalue weighted by Gasteiger charge is 2.31. The number of rotatable bonds is 7. The summed E-state index contributed by atoms with van der Waals surface area (Å²) in [5.41, 5.74) is 1.10. The van der Waals surface area contributed by atoms with Crippen LogP contribution >= 0.6 is 35.6 Å². The Hall–Kier alpha value is -1.06. The predicted molar refractivity (Wildman–Crippen MR) is 133 cm³/mol. The van der Waals surface area contributed by atoms with Crippen molar-refractivity contribution < 1.29 is 9.53 Å². The van der Waals surface area contributed by atoms with Crippen molar-refractivity contribution in [1.29, 1.82) is 0 Å². The molecule has 168 valence electrons. The van der Waals surface area contributed by atoms with Crippen molar-refractivity contribution in [2.24, 2.45) is 10.9 Å². The third kappa shape index (κ3) is 7.89. The number of hydrogen-bond acceptors (Lipinski definition) is 3. The van der Waals surface area contributed by atoms with Crippen LogP contribution in [0, 0.1) is 5.92 Å². The van der Waals surface area contributed by atoms with Gasteiger partial charge < -0.3 is 20.3 Å². The summed E-state index contributed by atoms with van der Waals surface area (Å²) in [7, 11) is 1.77. The minimum atomic E-state index is 0. The first-order valence-electron chi connectivity index (χ1n) is 10.7. The Balaban J connectivity index is 0.00000320. The van der Waals surface area contributed by atoms with Crippen LogP contribution in [0.5, 0.6) is 0 Å². The van der Waals surface area contributed by atoms with Crippen molar-refractivity contribution in [2.75, 3.05) is 33.3 Å². The van der Waals surface area contributed by atoms with Crippen LogP contribution in [0.2, 0.25) is 5.02 Å². The number of aliphatic imine (C=N–C) groups is 1. The number of benzene rings is 1. The van der Waals surface area contributed by atoms with Gasteiger partial charge in [0, 0.05) is 43.7 Å². The monoisotopic (exact) mass is 548 g/mol. The van der Waals surface area contributed by atoms with E-state index in [-0.39, 0.29) is 35.9 Å². The van der Waals surface area contributed by atoms with E-state index < -0.39 is 0 Å². The summed E-state index contributed by atoms with van der Waals surface area (Å²) in [4.78, 5) is 19.0. The Morgan fingerprint density at radius 2 is 1.93 bits per heavy atom. The lowest BCUT2D eigenvalue weighted by Gasteiger charge is -2.26. The predicted octanol–water partition coefficient (Wildman–Crippen LogP) is 3.82. The molecule has 3 rings (SSSR count). The van der Waals surface area contributed by atoms with Gasteiger partial charge in [-0.1, -0.05) is 43.0 Å². The Morgan fingerprint density at radius 3 is 2.63 bits per heavy atom. The second kappa shape index (κ2) is 13.4. The van der Waals surface area contributed by atoms with Gasteiger partial charge in [0.25, 0.3) is 0 Å². The van der Waals surface area contributed by atoms with Gasteiger partial charge in [-0.2, -0.15) is 0 Å². The zero-order valence-electron chi connectivity index (χ0n) is 17.7. The van der Waals surface area contributed by atoms with Gasteiger partial charge in [0.1, 0.15) is 0 Å². The maximum atomic E-state index is 12.7. The van der Waals surface area contributed by atoms with Gasteiger partial charge in [0.05, 0.1) is 13.2 Å². The molecule has 1 unspecified atom stereocenters. The fraction of sp³-hybridized carbons (Fsp3) is 0.636. The SMILES string of the molecule is CN=C(NCCOCc1ccc(Cl)cc1)NC1CCN(C(=O)C2CCCCC2)C1.I. The third-order valence-electron chi connectivity index (χ3n) is 5.74. The molecule has 1 atom stereocenters. The number of halogens is 2. The maximum absolute atomic E-state index is 12.7. The van der Waals surface area contributed by atoms with Crippen molar-refractivity contribution >= 4 is 47.4 Å². The minimum Gasteiger partial charge on any atom is -0.375 e. The zero-order chi connectivity index (χ0) is 20.5. The van der Waals surface area contributed by atoms with Gasteiger partial charge in [0.2, 0.25) is 5.91 Å². The highest BCUT2D eigenvalue weighted by Crippen LogP contribution is 2.26. The topological polar surface area (TPSA) is 66.0 Å². The minimum absolute atomic E-state index is 0. The van der Waals surface area contributed by atoms with Crippen LogP contribution in [0.4, 0.5) is 0 Å². The molecule has 1 saturated heterocycles. The van der Waals surface area contributed by atoms with E-state index in [1.165, 1.54) is 19.3 Å². The van der Waals surface area contributed by atoms with E-state index in [2.05, 4.69) is 15.6 Å². The third-order valence-corrected chi connectivity index (χ3v) is 5.99. The number of guanidine groups is 1. The molecule has 1 amide bonds. The molecular formula is C22H34ClIN4O2. The number of carbonyl (C=O) groups is 1. The molecule has 1 heterocycles. The number of hydrogen-bond donors (Lipinski definition) is 2. The number of carbonyl (C=O) groups excluding carboxylic acids is 1. The summed E-state index contributed by atoms with van der Waals surface area (Å²) in [5, 5.41) is 7.46. The lowest BCUT2D eigenvalue weighted by atomic mass is 9.88. The molecule has 2 aliphatic rings. The van der Waals surface area contributed by atoms with Crippen molar-refractivity contribution in [3.05, 3.63) is 34.9 Å². The number of nitrogens with zero attached hydrogens (tertiary/aromatic N) is 2. The van der Waals surface area contributed by atoms with Crippen LogP contribution in [0.15, 0.2) is 29.3 Å². The maximum Gasteiger partial charge on any atom is 0.225 e. The average Bonchev–Trinajstić information content (AvgIpc) is 3.22. The van der Waals surface area contributed by atoms with Crippen molar-refractivity contribution in [2.45, 2.75) is 51.2 Å². The van der Waals surface area contributed by atoms with Crippen molar-refractivity contribution in [3.63, 3.8) is 0 Å². The molecule has 30 heavy (non-hydrogen) atoms. The first-order chi connectivity index (χ1) is 14.2. The van der Waals surface area contributed by atoms with Gasteiger partial charge in [0.15, 0.2) is 5.96 Å². The van der Waals surface area contributed by atoms with Crippen LogP contribution in [0.25, 0.3) is 0 Å². The quantitative estimate of drug-likeness (QED) is 0.235. The van der Waals surface area contributed by atoms with Crippen LogP contribution in [-0.2, 0) is 16.1 Å². The van der Waals surface area contributed by atoms with Crippen LogP contribution in [0.1, 0.15) is 44.1 Å². The Labute approximate surface area is 202 Å². The number of ether oxygens (including phenoxy) is 1. The van der Waals surface area contributed by atoms with E-state index in [0.29, 0.717) is 25.7 Å². The second-order valence-electron chi connectivity index (χ2n) is 7.93. The lowest BCUT2D eigenvalue weighted by molar-refractivity contribution is -0.135.